The SMILES string of the molecule is CC(C)N1CC12CCC(c1[nH]nc(-c3ccc(Cl)cc3)c1-c1ccncc1)CC2. The fourth-order valence-electron chi connectivity index (χ4n) is 5.18. The smallest absolute Gasteiger partial charge is 0.100 e. The number of aromatic amines is 1. The summed E-state index contributed by atoms with van der Waals surface area (Å²) in [4.78, 5) is 6.88. The molecule has 3 aromatic rings. The maximum absolute atomic E-state index is 6.11. The van der Waals surface area contributed by atoms with E-state index in [4.69, 9.17) is 16.7 Å². The average molecular weight is 407 g/mol. The molecule has 1 saturated heterocycles. The normalized spacial score (nSPS) is 26.2. The molecule has 2 aromatic heterocycles. The molecule has 1 unspecified atom stereocenters. The summed E-state index contributed by atoms with van der Waals surface area (Å²) in [6.07, 6.45) is 8.70. The molecule has 0 bridgehead atoms. The predicted molar refractivity (Wildman–Crippen MR) is 118 cm³/mol. The van der Waals surface area contributed by atoms with Crippen LogP contribution in [0.1, 0.15) is 51.1 Å². The third-order valence-corrected chi connectivity index (χ3v) is 7.05. The maximum Gasteiger partial charge on any atom is 0.100 e. The van der Waals surface area contributed by atoms with Crippen molar-refractivity contribution in [1.82, 2.24) is 20.1 Å². The first-order valence-corrected chi connectivity index (χ1v) is 11.0. The van der Waals surface area contributed by atoms with Crippen molar-refractivity contribution in [3.05, 3.63) is 59.5 Å². The Morgan fingerprint density at radius 3 is 2.34 bits per heavy atom. The van der Waals surface area contributed by atoms with Crippen molar-refractivity contribution in [2.75, 3.05) is 6.54 Å². The first-order valence-electron chi connectivity index (χ1n) is 10.6. The molecule has 4 nitrogen and oxygen atoms in total. The van der Waals surface area contributed by atoms with Crippen molar-refractivity contribution in [1.29, 1.82) is 0 Å². The van der Waals surface area contributed by atoms with E-state index in [9.17, 15) is 0 Å². The summed E-state index contributed by atoms with van der Waals surface area (Å²) in [6, 6.07) is 12.8. The highest BCUT2D eigenvalue weighted by Gasteiger charge is 2.54. The van der Waals surface area contributed by atoms with E-state index in [1.165, 1.54) is 49.0 Å². The first-order chi connectivity index (χ1) is 14.1. The summed E-state index contributed by atoms with van der Waals surface area (Å²) in [5, 5.41) is 8.93. The molecule has 150 valence electrons. The van der Waals surface area contributed by atoms with E-state index in [1.54, 1.807) is 0 Å². The van der Waals surface area contributed by atoms with E-state index in [2.05, 4.69) is 41.0 Å². The molecule has 0 radical (unpaired) electrons. The minimum absolute atomic E-state index is 0.473. The van der Waals surface area contributed by atoms with Gasteiger partial charge >= 0.3 is 0 Å². The van der Waals surface area contributed by atoms with Crippen LogP contribution in [0.2, 0.25) is 5.02 Å². The molecule has 2 fully saturated rings. The molecule has 1 N–H and O–H groups in total. The highest BCUT2D eigenvalue weighted by atomic mass is 35.5. The van der Waals surface area contributed by atoms with E-state index >= 15 is 0 Å². The van der Waals surface area contributed by atoms with Crippen LogP contribution in [-0.2, 0) is 0 Å². The fraction of sp³-hybridized carbons (Fsp3) is 0.417. The number of hydrogen-bond donors (Lipinski definition) is 1. The summed E-state index contributed by atoms with van der Waals surface area (Å²) < 4.78 is 0. The van der Waals surface area contributed by atoms with E-state index in [1.807, 2.05) is 36.7 Å². The number of aromatic nitrogens is 3. The van der Waals surface area contributed by atoms with Crippen LogP contribution >= 0.6 is 11.6 Å². The zero-order valence-electron chi connectivity index (χ0n) is 17.0. The second-order valence-electron chi connectivity index (χ2n) is 8.82. The Labute approximate surface area is 177 Å². The van der Waals surface area contributed by atoms with Gasteiger partial charge in [0.1, 0.15) is 5.69 Å². The van der Waals surface area contributed by atoms with Crippen LogP contribution in [-0.4, -0.2) is 38.2 Å². The molecule has 1 aliphatic heterocycles. The van der Waals surface area contributed by atoms with Crippen molar-refractivity contribution in [3.8, 4) is 22.4 Å². The van der Waals surface area contributed by atoms with Crippen LogP contribution in [0, 0.1) is 0 Å². The lowest BCUT2D eigenvalue weighted by Gasteiger charge is -2.30. The summed E-state index contributed by atoms with van der Waals surface area (Å²) in [5.41, 5.74) is 6.22. The van der Waals surface area contributed by atoms with Crippen molar-refractivity contribution in [2.45, 2.75) is 57.0 Å². The zero-order valence-corrected chi connectivity index (χ0v) is 17.8. The molecule has 3 heterocycles. The Bertz CT molecular complexity index is 985. The number of halogens is 1. The van der Waals surface area contributed by atoms with Crippen molar-refractivity contribution in [3.63, 3.8) is 0 Å². The molecule has 0 amide bonds. The monoisotopic (exact) mass is 406 g/mol. The molecule has 5 heteroatoms. The van der Waals surface area contributed by atoms with Gasteiger partial charge in [0, 0.05) is 58.3 Å². The Balaban J connectivity index is 1.49. The molecule has 1 saturated carbocycles. The molecule has 2 aliphatic rings. The highest BCUT2D eigenvalue weighted by Crippen LogP contribution is 2.51. The molecular formula is C24H27ClN4. The summed E-state index contributed by atoms with van der Waals surface area (Å²) in [5.74, 6) is 0.520. The van der Waals surface area contributed by atoms with Gasteiger partial charge in [-0.05, 0) is 69.4 Å². The van der Waals surface area contributed by atoms with Crippen molar-refractivity contribution < 1.29 is 0 Å². The summed E-state index contributed by atoms with van der Waals surface area (Å²) in [7, 11) is 0. The van der Waals surface area contributed by atoms with Gasteiger partial charge in [0.15, 0.2) is 0 Å². The summed E-state index contributed by atoms with van der Waals surface area (Å²) in [6.45, 7) is 5.90. The van der Waals surface area contributed by atoms with Crippen molar-refractivity contribution in [2.24, 2.45) is 0 Å². The number of nitrogens with one attached hydrogen (secondary N) is 1. The number of nitrogens with zero attached hydrogens (tertiary/aromatic N) is 3. The van der Waals surface area contributed by atoms with Gasteiger partial charge in [-0.15, -0.1) is 0 Å². The topological polar surface area (TPSA) is 44.6 Å². The average Bonchev–Trinajstić information content (AvgIpc) is 3.27. The van der Waals surface area contributed by atoms with Crippen LogP contribution in [0.25, 0.3) is 22.4 Å². The van der Waals surface area contributed by atoms with Crippen LogP contribution in [0.5, 0.6) is 0 Å². The van der Waals surface area contributed by atoms with E-state index in [-0.39, 0.29) is 0 Å². The van der Waals surface area contributed by atoms with Crippen LogP contribution in [0.4, 0.5) is 0 Å². The minimum Gasteiger partial charge on any atom is -0.292 e. The largest absolute Gasteiger partial charge is 0.292 e. The maximum atomic E-state index is 6.11. The second kappa shape index (κ2) is 7.26. The van der Waals surface area contributed by atoms with E-state index < -0.39 is 0 Å². The first kappa shape index (κ1) is 18.8. The van der Waals surface area contributed by atoms with Crippen molar-refractivity contribution >= 4 is 11.6 Å². The molecule has 5 rings (SSSR count). The third kappa shape index (κ3) is 3.38. The predicted octanol–water partition coefficient (Wildman–Crippen LogP) is 5.91. The Kier molecular flexibility index (Phi) is 4.72. The third-order valence-electron chi connectivity index (χ3n) is 6.80. The lowest BCUT2D eigenvalue weighted by Crippen LogP contribution is -2.28. The number of pyridine rings is 1. The zero-order chi connectivity index (χ0) is 20.0. The van der Waals surface area contributed by atoms with Gasteiger partial charge in [0.05, 0.1) is 0 Å². The van der Waals surface area contributed by atoms with E-state index in [0.717, 1.165) is 16.3 Å². The Morgan fingerprint density at radius 2 is 1.72 bits per heavy atom. The second-order valence-corrected chi connectivity index (χ2v) is 9.26. The molecule has 29 heavy (non-hydrogen) atoms. The summed E-state index contributed by atoms with van der Waals surface area (Å²) >= 11 is 6.11. The lowest BCUT2D eigenvalue weighted by molar-refractivity contribution is 0.262. The highest BCUT2D eigenvalue weighted by molar-refractivity contribution is 6.30. The molecule has 1 spiro atoms. The number of rotatable bonds is 4. The minimum atomic E-state index is 0.473. The number of H-pyrrole nitrogens is 1. The van der Waals surface area contributed by atoms with Gasteiger partial charge in [-0.3, -0.25) is 15.0 Å². The van der Waals surface area contributed by atoms with Gasteiger partial charge in [-0.2, -0.15) is 5.10 Å². The van der Waals surface area contributed by atoms with Crippen LogP contribution in [0.15, 0.2) is 48.8 Å². The Morgan fingerprint density at radius 1 is 1.03 bits per heavy atom. The molecule has 1 aromatic carbocycles. The lowest BCUT2D eigenvalue weighted by atomic mass is 9.78. The fourth-order valence-corrected chi connectivity index (χ4v) is 5.31. The van der Waals surface area contributed by atoms with Crippen LogP contribution in [0.3, 0.4) is 0 Å². The molecular weight excluding hydrogens is 380 g/mol. The van der Waals surface area contributed by atoms with Gasteiger partial charge in [-0.1, -0.05) is 23.7 Å². The number of hydrogen-bond acceptors (Lipinski definition) is 3. The Hall–Kier alpha value is -2.17. The molecule has 1 aliphatic carbocycles. The standard InChI is InChI=1S/C24H27ClN4/c1-16(2)29-15-24(29)11-7-19(8-12-24)23-21(17-9-13-26-14-10-17)22(27-28-23)18-3-5-20(25)6-4-18/h3-6,9-10,13-14,16,19H,7-8,11-12,15H2,1-2H3,(H,27,28). The van der Waals surface area contributed by atoms with Gasteiger partial charge in [-0.25, -0.2) is 0 Å². The van der Waals surface area contributed by atoms with E-state index in [0.29, 0.717) is 17.5 Å². The van der Waals surface area contributed by atoms with Gasteiger partial charge in [0.2, 0.25) is 0 Å². The van der Waals surface area contributed by atoms with Gasteiger partial charge < -0.3 is 0 Å². The van der Waals surface area contributed by atoms with Crippen LogP contribution < -0.4 is 0 Å². The molecule has 1 atom stereocenters. The number of benzene rings is 1. The quantitative estimate of drug-likeness (QED) is 0.547. The van der Waals surface area contributed by atoms with Gasteiger partial charge in [0.25, 0.3) is 0 Å².